The van der Waals surface area contributed by atoms with Gasteiger partial charge in [-0.3, -0.25) is 0 Å². The van der Waals surface area contributed by atoms with Crippen LogP contribution in [0.15, 0.2) is 0 Å². The molecule has 2 nitrogen and oxygen atoms in total. The summed E-state index contributed by atoms with van der Waals surface area (Å²) in [5.41, 5.74) is 0. The molecule has 0 rings (SSSR count). The van der Waals surface area contributed by atoms with Crippen LogP contribution in [0.2, 0.25) is 0 Å². The third-order valence-corrected chi connectivity index (χ3v) is 0.0645. The van der Waals surface area contributed by atoms with E-state index in [1.165, 1.54) is 5.97 Å². The second-order valence-electron chi connectivity index (χ2n) is 0.302. The quantitative estimate of drug-likeness (QED) is 0.272. The molecular formula is CHBNNaO. The summed E-state index contributed by atoms with van der Waals surface area (Å²) in [6, 6.07) is 0. The Kier molecular flexibility index (Phi) is 16.0. The van der Waals surface area contributed by atoms with Crippen molar-refractivity contribution in [1.29, 1.82) is 5.26 Å². The Morgan fingerprint density at radius 2 is 2.00 bits per heavy atom. The fourth-order valence-electron chi connectivity index (χ4n) is 0. The molecule has 5 heavy (non-hydrogen) atoms. The number of nitrogens with zero attached hydrogens (tertiary/aromatic N) is 1. The molecule has 0 heterocycles. The van der Waals surface area contributed by atoms with Gasteiger partial charge in [0.15, 0.2) is 0 Å². The van der Waals surface area contributed by atoms with E-state index in [-0.39, 0.29) is 29.6 Å². The molecule has 0 bridgehead atoms. The Morgan fingerprint density at radius 3 is 2.00 bits per heavy atom. The maximum absolute atomic E-state index is 8.94. The van der Waals surface area contributed by atoms with Crippen LogP contribution in [0, 0.1) is 11.2 Å². The van der Waals surface area contributed by atoms with Crippen molar-refractivity contribution in [3.05, 3.63) is 0 Å². The van der Waals surface area contributed by atoms with Crippen molar-refractivity contribution in [2.75, 3.05) is 0 Å². The second-order valence-corrected chi connectivity index (χ2v) is 0.302. The molecule has 20 valence electrons. The molecule has 0 N–H and O–H groups in total. The first-order valence-corrected chi connectivity index (χ1v) is 0.866. The van der Waals surface area contributed by atoms with E-state index in [1.54, 1.807) is 0 Å². The van der Waals surface area contributed by atoms with Crippen LogP contribution < -0.4 is 34.6 Å². The predicted octanol–water partition coefficient (Wildman–Crippen LogP) is -4.82. The molecule has 0 aromatic carbocycles. The molecule has 0 saturated heterocycles. The topological polar surface area (TPSA) is 46.8 Å². The van der Waals surface area contributed by atoms with Gasteiger partial charge in [-0.15, -0.1) is 0 Å². The van der Waals surface area contributed by atoms with E-state index in [4.69, 9.17) is 10.3 Å². The summed E-state index contributed by atoms with van der Waals surface area (Å²) in [4.78, 5) is 0. The predicted molar refractivity (Wildman–Crippen MR) is 12.8 cm³/mol. The summed E-state index contributed by atoms with van der Waals surface area (Å²) < 4.78 is 0. The van der Waals surface area contributed by atoms with Gasteiger partial charge in [0.2, 0.25) is 0 Å². The summed E-state index contributed by atoms with van der Waals surface area (Å²) in [7, 11) is -0.625. The molecular weight excluding hydrogens is 75.8 g/mol. The molecule has 0 aromatic heterocycles. The molecule has 0 saturated carbocycles. The minimum absolute atomic E-state index is 0. The van der Waals surface area contributed by atoms with Crippen LogP contribution in [0.4, 0.5) is 0 Å². The molecule has 0 unspecified atom stereocenters. The van der Waals surface area contributed by atoms with E-state index in [2.05, 4.69) is 0 Å². The van der Waals surface area contributed by atoms with Gasteiger partial charge in [-0.1, -0.05) is 0 Å². The maximum atomic E-state index is 8.94. The fourth-order valence-corrected chi connectivity index (χ4v) is 0. The average molecular weight is 76.8 g/mol. The van der Waals surface area contributed by atoms with E-state index < -0.39 is 7.48 Å². The standard InChI is InChI=1S/CHBNO.Na/c3-1-2-4;/h2H;/q-1;+1. The van der Waals surface area contributed by atoms with Gasteiger partial charge in [0, 0.05) is 0 Å². The maximum Gasteiger partial charge on any atom is 1.00 e. The van der Waals surface area contributed by atoms with Gasteiger partial charge in [0.05, 0.1) is 0 Å². The van der Waals surface area contributed by atoms with E-state index >= 15 is 0 Å². The average Bonchev–Trinajstić information content (AvgIpc) is 1.37. The summed E-state index contributed by atoms with van der Waals surface area (Å²) in [6.07, 6.45) is 0. The summed E-state index contributed by atoms with van der Waals surface area (Å²) >= 11 is 0. The van der Waals surface area contributed by atoms with Gasteiger partial charge in [-0.25, -0.2) is 5.26 Å². The number of nitriles is 1. The zero-order valence-electron chi connectivity index (χ0n) is 3.06. The van der Waals surface area contributed by atoms with Crippen molar-refractivity contribution in [1.82, 2.24) is 0 Å². The van der Waals surface area contributed by atoms with Gasteiger partial charge >= 0.3 is 29.6 Å². The third-order valence-electron chi connectivity index (χ3n) is 0.0645. The molecule has 0 amide bonds. The van der Waals surface area contributed by atoms with Gasteiger partial charge in [-0.05, 0) is 5.97 Å². The Morgan fingerprint density at radius 1 is 1.80 bits per heavy atom. The van der Waals surface area contributed by atoms with Crippen LogP contribution in [0.5, 0.6) is 0 Å². The van der Waals surface area contributed by atoms with Crippen molar-refractivity contribution in [2.45, 2.75) is 0 Å². The molecule has 0 aromatic rings. The van der Waals surface area contributed by atoms with Crippen molar-refractivity contribution in [3.8, 4) is 5.97 Å². The minimum Gasteiger partial charge on any atom is -0.870 e. The number of hydrogen-bond acceptors (Lipinski definition) is 2. The van der Waals surface area contributed by atoms with Crippen LogP contribution in [0.25, 0.3) is 0 Å². The normalized spacial score (nSPS) is 3.20. The largest absolute Gasteiger partial charge is 1.00 e. The van der Waals surface area contributed by atoms with Crippen LogP contribution in [0.1, 0.15) is 0 Å². The Bertz CT molecular complexity index is 41.4. The van der Waals surface area contributed by atoms with Gasteiger partial charge in [0.1, 0.15) is 7.48 Å². The Hall–Kier alpha value is 0.515. The monoisotopic (exact) mass is 77.0 g/mol. The molecule has 0 radical (unpaired) electrons. The molecule has 0 aliphatic heterocycles. The number of rotatable bonds is 0. The Labute approximate surface area is 53.4 Å². The molecule has 4 heteroatoms. The molecule has 0 spiro atoms. The molecule has 0 fully saturated rings. The third kappa shape index (κ3) is 12.4. The summed E-state index contributed by atoms with van der Waals surface area (Å²) in [5.74, 6) is 1.38. The van der Waals surface area contributed by atoms with E-state index in [0.717, 1.165) is 0 Å². The van der Waals surface area contributed by atoms with Crippen molar-refractivity contribution < 1.29 is 34.6 Å². The van der Waals surface area contributed by atoms with E-state index in [9.17, 15) is 0 Å². The number of hydrogen-bond donors (Lipinski definition) is 0. The summed E-state index contributed by atoms with van der Waals surface area (Å²) in [6.45, 7) is 0. The van der Waals surface area contributed by atoms with Crippen molar-refractivity contribution >= 4 is 7.48 Å². The summed E-state index contributed by atoms with van der Waals surface area (Å²) in [5, 5.41) is 16.2. The first-order chi connectivity index (χ1) is 1.91. The van der Waals surface area contributed by atoms with Gasteiger partial charge in [-0.2, -0.15) is 0 Å². The smallest absolute Gasteiger partial charge is 0.870 e. The molecule has 0 atom stereocenters. The zero-order valence-corrected chi connectivity index (χ0v) is 5.06. The fraction of sp³-hybridized carbons (Fsp3) is 0. The first-order valence-electron chi connectivity index (χ1n) is 0.866. The zero-order chi connectivity index (χ0) is 3.41. The van der Waals surface area contributed by atoms with Crippen LogP contribution in [-0.2, 0) is 0 Å². The SMILES string of the molecule is N#CB[O-].[Na+]. The second kappa shape index (κ2) is 8.82. The van der Waals surface area contributed by atoms with Crippen LogP contribution >= 0.6 is 0 Å². The molecule has 0 aliphatic rings. The van der Waals surface area contributed by atoms with Crippen molar-refractivity contribution in [3.63, 3.8) is 0 Å². The van der Waals surface area contributed by atoms with Gasteiger partial charge < -0.3 is 5.02 Å². The minimum atomic E-state index is -0.625. The van der Waals surface area contributed by atoms with E-state index in [0.29, 0.717) is 0 Å². The van der Waals surface area contributed by atoms with Crippen molar-refractivity contribution in [2.24, 2.45) is 0 Å². The van der Waals surface area contributed by atoms with E-state index in [1.807, 2.05) is 0 Å². The van der Waals surface area contributed by atoms with Crippen LogP contribution in [0.3, 0.4) is 0 Å². The first kappa shape index (κ1) is 9.10. The van der Waals surface area contributed by atoms with Gasteiger partial charge in [0.25, 0.3) is 0 Å². The Balaban J connectivity index is 0. The van der Waals surface area contributed by atoms with Crippen LogP contribution in [-0.4, -0.2) is 7.48 Å². The molecule has 0 aliphatic carbocycles.